The lowest BCUT2D eigenvalue weighted by Gasteiger charge is -2.22. The van der Waals surface area contributed by atoms with Crippen molar-refractivity contribution in [2.75, 3.05) is 19.8 Å². The molecular weight excluding hydrogens is 366 g/mol. The Kier molecular flexibility index (Phi) is 15.3. The van der Waals surface area contributed by atoms with Crippen LogP contribution in [-0.2, 0) is 14.3 Å². The zero-order valence-corrected chi connectivity index (χ0v) is 18.7. The molecule has 1 aliphatic heterocycles. The van der Waals surface area contributed by atoms with E-state index in [1.54, 1.807) is 0 Å². The molecule has 0 spiro atoms. The molecule has 5 nitrogen and oxygen atoms in total. The molecule has 0 aromatic carbocycles. The van der Waals surface area contributed by atoms with E-state index in [4.69, 9.17) is 9.47 Å². The van der Waals surface area contributed by atoms with Gasteiger partial charge in [-0.2, -0.15) is 0 Å². The van der Waals surface area contributed by atoms with Crippen molar-refractivity contribution in [3.8, 4) is 0 Å². The van der Waals surface area contributed by atoms with Crippen LogP contribution in [-0.4, -0.2) is 42.8 Å². The Morgan fingerprint density at radius 1 is 0.897 bits per heavy atom. The number of amides is 1. The van der Waals surface area contributed by atoms with Crippen molar-refractivity contribution >= 4 is 12.1 Å². The first-order valence-electron chi connectivity index (χ1n) is 11.9. The molecule has 1 unspecified atom stereocenters. The second-order valence-corrected chi connectivity index (χ2v) is 8.13. The van der Waals surface area contributed by atoms with Gasteiger partial charge in [-0.15, -0.1) is 0 Å². The predicted molar refractivity (Wildman–Crippen MR) is 118 cm³/mol. The van der Waals surface area contributed by atoms with Crippen LogP contribution in [0.2, 0.25) is 0 Å². The highest BCUT2D eigenvalue weighted by Gasteiger charge is 2.36. The molecule has 1 fully saturated rings. The van der Waals surface area contributed by atoms with Crippen LogP contribution in [0, 0.1) is 0 Å². The molecule has 0 radical (unpaired) electrons. The standard InChI is InChI=1S/C24H43NO4/c1-3-5-6-7-8-9-10-11-12-13-14-15-16-21-28-23(26)22-18-17-19-25(22)24(27)29-20-4-2/h4,22H,2-3,5-21H2,1H3. The van der Waals surface area contributed by atoms with Crippen molar-refractivity contribution < 1.29 is 19.1 Å². The topological polar surface area (TPSA) is 55.8 Å². The number of ether oxygens (including phenoxy) is 2. The number of nitrogens with zero attached hydrogens (tertiary/aromatic N) is 1. The van der Waals surface area contributed by atoms with Gasteiger partial charge in [0.15, 0.2) is 0 Å². The summed E-state index contributed by atoms with van der Waals surface area (Å²) in [6, 6.07) is -0.491. The molecule has 5 heteroatoms. The molecule has 29 heavy (non-hydrogen) atoms. The van der Waals surface area contributed by atoms with Gasteiger partial charge in [-0.3, -0.25) is 4.90 Å². The SMILES string of the molecule is C=CCOC(=O)N1CCCC1C(=O)OCCCCCCCCCCCCCCC. The Labute approximate surface area is 178 Å². The van der Waals surface area contributed by atoms with Gasteiger partial charge in [-0.05, 0) is 19.3 Å². The molecule has 1 aliphatic rings. The van der Waals surface area contributed by atoms with E-state index in [9.17, 15) is 9.59 Å². The van der Waals surface area contributed by atoms with E-state index in [1.165, 1.54) is 81.6 Å². The van der Waals surface area contributed by atoms with E-state index in [2.05, 4.69) is 13.5 Å². The highest BCUT2D eigenvalue weighted by atomic mass is 16.6. The van der Waals surface area contributed by atoms with E-state index >= 15 is 0 Å². The molecule has 0 bridgehead atoms. The van der Waals surface area contributed by atoms with Gasteiger partial charge in [0, 0.05) is 6.54 Å². The average Bonchev–Trinajstić information content (AvgIpc) is 3.22. The van der Waals surface area contributed by atoms with Gasteiger partial charge in [0.2, 0.25) is 0 Å². The minimum Gasteiger partial charge on any atom is -0.464 e. The van der Waals surface area contributed by atoms with Gasteiger partial charge >= 0.3 is 12.1 Å². The van der Waals surface area contributed by atoms with Crippen LogP contribution in [0.3, 0.4) is 0 Å². The molecule has 1 atom stereocenters. The minimum absolute atomic E-state index is 0.163. The number of hydrogen-bond acceptors (Lipinski definition) is 4. The molecule has 0 aliphatic carbocycles. The summed E-state index contributed by atoms with van der Waals surface area (Å²) in [5, 5.41) is 0. The fourth-order valence-electron chi connectivity index (χ4n) is 3.83. The second-order valence-electron chi connectivity index (χ2n) is 8.13. The quantitative estimate of drug-likeness (QED) is 0.158. The average molecular weight is 410 g/mol. The van der Waals surface area contributed by atoms with Gasteiger partial charge in [0.05, 0.1) is 6.61 Å². The summed E-state index contributed by atoms with van der Waals surface area (Å²) in [5.41, 5.74) is 0. The third kappa shape index (κ3) is 11.9. The van der Waals surface area contributed by atoms with Crippen molar-refractivity contribution in [3.63, 3.8) is 0 Å². The van der Waals surface area contributed by atoms with Crippen LogP contribution in [0.1, 0.15) is 103 Å². The van der Waals surface area contributed by atoms with Crippen molar-refractivity contribution in [2.24, 2.45) is 0 Å². The van der Waals surface area contributed by atoms with Gasteiger partial charge in [-0.25, -0.2) is 9.59 Å². The number of esters is 1. The first-order chi connectivity index (χ1) is 14.2. The smallest absolute Gasteiger partial charge is 0.410 e. The highest BCUT2D eigenvalue weighted by molar-refractivity contribution is 5.82. The Morgan fingerprint density at radius 2 is 1.45 bits per heavy atom. The Bertz CT molecular complexity index is 452. The monoisotopic (exact) mass is 409 g/mol. The Hall–Kier alpha value is -1.52. The van der Waals surface area contributed by atoms with E-state index in [1.807, 2.05) is 0 Å². The summed E-state index contributed by atoms with van der Waals surface area (Å²) in [6.07, 6.45) is 19.3. The first-order valence-corrected chi connectivity index (χ1v) is 11.9. The van der Waals surface area contributed by atoms with E-state index < -0.39 is 12.1 Å². The van der Waals surface area contributed by atoms with Crippen LogP contribution in [0.15, 0.2) is 12.7 Å². The van der Waals surface area contributed by atoms with Crippen molar-refractivity contribution in [1.82, 2.24) is 4.90 Å². The normalized spacial score (nSPS) is 16.0. The number of hydrogen-bond donors (Lipinski definition) is 0. The summed E-state index contributed by atoms with van der Waals surface area (Å²) in [4.78, 5) is 25.7. The lowest BCUT2D eigenvalue weighted by molar-refractivity contribution is -0.148. The van der Waals surface area contributed by atoms with Gasteiger partial charge in [0.25, 0.3) is 0 Å². The zero-order valence-electron chi connectivity index (χ0n) is 18.7. The first kappa shape index (κ1) is 25.5. The van der Waals surface area contributed by atoms with Gasteiger partial charge < -0.3 is 9.47 Å². The second kappa shape index (κ2) is 17.3. The maximum absolute atomic E-state index is 12.3. The molecule has 1 heterocycles. The van der Waals surface area contributed by atoms with Crippen LogP contribution >= 0.6 is 0 Å². The van der Waals surface area contributed by atoms with Crippen LogP contribution in [0.4, 0.5) is 4.79 Å². The third-order valence-corrected chi connectivity index (χ3v) is 5.58. The number of unbranched alkanes of at least 4 members (excludes halogenated alkanes) is 12. The molecule has 0 aromatic heterocycles. The fraction of sp³-hybridized carbons (Fsp3) is 0.833. The molecule has 0 aromatic rings. The van der Waals surface area contributed by atoms with Crippen molar-refractivity contribution in [2.45, 2.75) is 109 Å². The van der Waals surface area contributed by atoms with Crippen molar-refractivity contribution in [1.29, 1.82) is 0 Å². The van der Waals surface area contributed by atoms with E-state index in [-0.39, 0.29) is 12.6 Å². The fourth-order valence-corrected chi connectivity index (χ4v) is 3.83. The number of likely N-dealkylation sites (tertiary alicyclic amines) is 1. The maximum atomic E-state index is 12.3. The largest absolute Gasteiger partial charge is 0.464 e. The van der Waals surface area contributed by atoms with Crippen molar-refractivity contribution in [3.05, 3.63) is 12.7 Å². The number of rotatable bonds is 17. The summed E-state index contributed by atoms with van der Waals surface area (Å²) in [7, 11) is 0. The zero-order chi connectivity index (χ0) is 21.2. The summed E-state index contributed by atoms with van der Waals surface area (Å²) in [5.74, 6) is -0.294. The van der Waals surface area contributed by atoms with Crippen LogP contribution < -0.4 is 0 Å². The molecule has 1 amide bonds. The van der Waals surface area contributed by atoms with Gasteiger partial charge in [-0.1, -0.05) is 96.6 Å². The maximum Gasteiger partial charge on any atom is 0.410 e. The molecule has 1 saturated heterocycles. The minimum atomic E-state index is -0.491. The molecule has 0 N–H and O–H groups in total. The van der Waals surface area contributed by atoms with E-state index in [0.29, 0.717) is 19.6 Å². The Balaban J connectivity index is 1.96. The lowest BCUT2D eigenvalue weighted by Crippen LogP contribution is -2.41. The summed E-state index contributed by atoms with van der Waals surface area (Å²) < 4.78 is 10.4. The summed E-state index contributed by atoms with van der Waals surface area (Å²) >= 11 is 0. The summed E-state index contributed by atoms with van der Waals surface area (Å²) in [6.45, 7) is 6.95. The third-order valence-electron chi connectivity index (χ3n) is 5.58. The molecule has 168 valence electrons. The lowest BCUT2D eigenvalue weighted by atomic mass is 10.0. The highest BCUT2D eigenvalue weighted by Crippen LogP contribution is 2.20. The van der Waals surface area contributed by atoms with Gasteiger partial charge in [0.1, 0.15) is 12.6 Å². The van der Waals surface area contributed by atoms with E-state index in [0.717, 1.165) is 19.3 Å². The predicted octanol–water partition coefficient (Wildman–Crippen LogP) is 6.41. The number of carbonyl (C=O) groups excluding carboxylic acids is 2. The number of carbonyl (C=O) groups is 2. The van der Waals surface area contributed by atoms with Crippen LogP contribution in [0.25, 0.3) is 0 Å². The van der Waals surface area contributed by atoms with Crippen LogP contribution in [0.5, 0.6) is 0 Å². The Morgan fingerprint density at radius 3 is 2.00 bits per heavy atom. The molecule has 1 rings (SSSR count). The molecule has 0 saturated carbocycles. The molecular formula is C24H43NO4.